The molecule has 0 amide bonds. The standard InChI is InChI=1S/C11H17N3/c1-7-4-5-8(2)10(6-7)11(13)14-9(3)12/h4-6,11H,13H2,1-3H3,(H2,12,14)/t11-/m1/s1. The average molecular weight is 191 g/mol. The second kappa shape index (κ2) is 4.24. The van der Waals surface area contributed by atoms with Gasteiger partial charge in [0.1, 0.15) is 6.17 Å². The summed E-state index contributed by atoms with van der Waals surface area (Å²) in [7, 11) is 0. The summed E-state index contributed by atoms with van der Waals surface area (Å²) in [6.45, 7) is 5.80. The fraction of sp³-hybridized carbons (Fsp3) is 0.364. The molecule has 1 aromatic rings. The van der Waals surface area contributed by atoms with Crippen molar-refractivity contribution in [3.8, 4) is 0 Å². The van der Waals surface area contributed by atoms with Crippen molar-refractivity contribution in [3.05, 3.63) is 34.9 Å². The Morgan fingerprint density at radius 1 is 1.36 bits per heavy atom. The van der Waals surface area contributed by atoms with Crippen LogP contribution in [-0.4, -0.2) is 5.84 Å². The highest BCUT2D eigenvalue weighted by atomic mass is 15.0. The molecule has 0 aliphatic heterocycles. The molecular formula is C11H17N3. The molecule has 0 saturated heterocycles. The van der Waals surface area contributed by atoms with Gasteiger partial charge < -0.3 is 11.5 Å². The quantitative estimate of drug-likeness (QED) is 0.551. The Morgan fingerprint density at radius 2 is 2.00 bits per heavy atom. The minimum Gasteiger partial charge on any atom is -0.388 e. The van der Waals surface area contributed by atoms with Gasteiger partial charge in [-0.25, -0.2) is 4.99 Å². The summed E-state index contributed by atoms with van der Waals surface area (Å²) in [5, 5.41) is 0. The molecule has 76 valence electrons. The lowest BCUT2D eigenvalue weighted by Crippen LogP contribution is -2.15. The fourth-order valence-electron chi connectivity index (χ4n) is 1.37. The normalized spacial score (nSPS) is 14.1. The van der Waals surface area contributed by atoms with Gasteiger partial charge >= 0.3 is 0 Å². The largest absolute Gasteiger partial charge is 0.388 e. The van der Waals surface area contributed by atoms with E-state index in [4.69, 9.17) is 11.5 Å². The Kier molecular flexibility index (Phi) is 3.25. The predicted molar refractivity (Wildman–Crippen MR) is 60.1 cm³/mol. The molecule has 0 heterocycles. The summed E-state index contributed by atoms with van der Waals surface area (Å²) < 4.78 is 0. The molecule has 0 aromatic heterocycles. The van der Waals surface area contributed by atoms with Crippen molar-refractivity contribution in [2.75, 3.05) is 0 Å². The van der Waals surface area contributed by atoms with E-state index in [9.17, 15) is 0 Å². The zero-order valence-electron chi connectivity index (χ0n) is 8.91. The smallest absolute Gasteiger partial charge is 0.125 e. The lowest BCUT2D eigenvalue weighted by molar-refractivity contribution is 0.766. The molecule has 3 heteroatoms. The Morgan fingerprint density at radius 3 is 2.57 bits per heavy atom. The Balaban J connectivity index is 3.05. The number of nitrogens with two attached hydrogens (primary N) is 2. The van der Waals surface area contributed by atoms with Crippen molar-refractivity contribution in [1.82, 2.24) is 0 Å². The molecule has 0 aliphatic carbocycles. The number of benzene rings is 1. The van der Waals surface area contributed by atoms with E-state index >= 15 is 0 Å². The van der Waals surface area contributed by atoms with Crippen molar-refractivity contribution >= 4 is 5.84 Å². The van der Waals surface area contributed by atoms with E-state index in [1.54, 1.807) is 6.92 Å². The minimum atomic E-state index is -0.347. The van der Waals surface area contributed by atoms with E-state index in [0.717, 1.165) is 11.1 Å². The number of rotatable bonds is 2. The van der Waals surface area contributed by atoms with Crippen LogP contribution in [0.5, 0.6) is 0 Å². The van der Waals surface area contributed by atoms with Crippen molar-refractivity contribution in [2.24, 2.45) is 16.5 Å². The predicted octanol–water partition coefficient (Wildman–Crippen LogP) is 1.64. The average Bonchev–Trinajstić information content (AvgIpc) is 2.08. The molecule has 1 rings (SSSR count). The molecule has 4 N–H and O–H groups in total. The molecule has 1 aromatic carbocycles. The van der Waals surface area contributed by atoms with E-state index < -0.39 is 0 Å². The second-order valence-corrected chi connectivity index (χ2v) is 3.58. The van der Waals surface area contributed by atoms with Crippen LogP contribution in [0.15, 0.2) is 23.2 Å². The van der Waals surface area contributed by atoms with Crippen LogP contribution in [0.4, 0.5) is 0 Å². The van der Waals surface area contributed by atoms with Gasteiger partial charge in [0.05, 0.1) is 5.84 Å². The van der Waals surface area contributed by atoms with Gasteiger partial charge in [-0.3, -0.25) is 0 Å². The summed E-state index contributed by atoms with van der Waals surface area (Å²) in [4.78, 5) is 4.12. The highest BCUT2D eigenvalue weighted by Gasteiger charge is 2.06. The van der Waals surface area contributed by atoms with Crippen LogP contribution in [0.3, 0.4) is 0 Å². The molecule has 0 fully saturated rings. The number of aryl methyl sites for hydroxylation is 2. The molecule has 3 nitrogen and oxygen atoms in total. The van der Waals surface area contributed by atoms with Gasteiger partial charge in [-0.2, -0.15) is 0 Å². The third-order valence-electron chi connectivity index (χ3n) is 2.10. The van der Waals surface area contributed by atoms with Crippen LogP contribution in [0.1, 0.15) is 29.8 Å². The fourth-order valence-corrected chi connectivity index (χ4v) is 1.37. The maximum atomic E-state index is 5.90. The van der Waals surface area contributed by atoms with E-state index in [0.29, 0.717) is 5.84 Å². The summed E-state index contributed by atoms with van der Waals surface area (Å²) in [6.07, 6.45) is -0.347. The molecular weight excluding hydrogens is 174 g/mol. The van der Waals surface area contributed by atoms with Crippen LogP contribution >= 0.6 is 0 Å². The monoisotopic (exact) mass is 191 g/mol. The Labute approximate surface area is 84.8 Å². The van der Waals surface area contributed by atoms with Gasteiger partial charge in [-0.15, -0.1) is 0 Å². The van der Waals surface area contributed by atoms with Crippen LogP contribution in [0, 0.1) is 13.8 Å². The van der Waals surface area contributed by atoms with Crippen LogP contribution in [0.2, 0.25) is 0 Å². The zero-order chi connectivity index (χ0) is 10.7. The second-order valence-electron chi connectivity index (χ2n) is 3.58. The lowest BCUT2D eigenvalue weighted by atomic mass is 10.0. The molecule has 1 atom stereocenters. The Hall–Kier alpha value is -1.35. The third kappa shape index (κ3) is 2.57. The maximum absolute atomic E-state index is 5.90. The van der Waals surface area contributed by atoms with E-state index in [1.165, 1.54) is 5.56 Å². The molecule has 0 aliphatic rings. The maximum Gasteiger partial charge on any atom is 0.125 e. The van der Waals surface area contributed by atoms with Crippen LogP contribution in [-0.2, 0) is 0 Å². The van der Waals surface area contributed by atoms with E-state index in [2.05, 4.69) is 11.1 Å². The van der Waals surface area contributed by atoms with E-state index in [-0.39, 0.29) is 6.17 Å². The van der Waals surface area contributed by atoms with Gasteiger partial charge in [0.2, 0.25) is 0 Å². The molecule has 0 saturated carbocycles. The first-order valence-electron chi connectivity index (χ1n) is 4.63. The minimum absolute atomic E-state index is 0.347. The van der Waals surface area contributed by atoms with Crippen molar-refractivity contribution < 1.29 is 0 Å². The van der Waals surface area contributed by atoms with Gasteiger partial charge in [0, 0.05) is 0 Å². The Bertz CT molecular complexity index is 352. The molecule has 0 spiro atoms. The summed E-state index contributed by atoms with van der Waals surface area (Å²) in [6, 6.07) is 6.16. The van der Waals surface area contributed by atoms with Crippen LogP contribution < -0.4 is 11.5 Å². The van der Waals surface area contributed by atoms with Crippen LogP contribution in [0.25, 0.3) is 0 Å². The SMILES string of the molecule is CC(N)=N[C@@H](N)c1cc(C)ccc1C. The first kappa shape index (κ1) is 10.7. The van der Waals surface area contributed by atoms with Gasteiger partial charge in [-0.05, 0) is 31.9 Å². The van der Waals surface area contributed by atoms with E-state index in [1.807, 2.05) is 26.0 Å². The summed E-state index contributed by atoms with van der Waals surface area (Å²) in [5.74, 6) is 0.512. The van der Waals surface area contributed by atoms with Crippen molar-refractivity contribution in [3.63, 3.8) is 0 Å². The number of nitrogens with zero attached hydrogens (tertiary/aromatic N) is 1. The zero-order valence-corrected chi connectivity index (χ0v) is 8.91. The molecule has 14 heavy (non-hydrogen) atoms. The lowest BCUT2D eigenvalue weighted by Gasteiger charge is -2.11. The molecule has 0 unspecified atom stereocenters. The number of amidine groups is 1. The van der Waals surface area contributed by atoms with Gasteiger partial charge in [-0.1, -0.05) is 23.8 Å². The highest BCUT2D eigenvalue weighted by molar-refractivity contribution is 5.77. The first-order chi connectivity index (χ1) is 6.50. The summed E-state index contributed by atoms with van der Waals surface area (Å²) >= 11 is 0. The van der Waals surface area contributed by atoms with Crippen molar-refractivity contribution in [2.45, 2.75) is 26.9 Å². The highest BCUT2D eigenvalue weighted by Crippen LogP contribution is 2.18. The molecule has 0 radical (unpaired) electrons. The number of hydrogen-bond donors (Lipinski definition) is 2. The topological polar surface area (TPSA) is 64.4 Å². The van der Waals surface area contributed by atoms with Crippen molar-refractivity contribution in [1.29, 1.82) is 0 Å². The number of aliphatic imine (C=N–C) groups is 1. The van der Waals surface area contributed by atoms with Gasteiger partial charge in [0.15, 0.2) is 0 Å². The third-order valence-corrected chi connectivity index (χ3v) is 2.10. The first-order valence-corrected chi connectivity index (χ1v) is 4.63. The summed E-state index contributed by atoms with van der Waals surface area (Å²) in [5.41, 5.74) is 14.8. The molecule has 0 bridgehead atoms. The number of hydrogen-bond acceptors (Lipinski definition) is 2. The van der Waals surface area contributed by atoms with Gasteiger partial charge in [0.25, 0.3) is 0 Å².